The van der Waals surface area contributed by atoms with E-state index >= 15 is 0 Å². The van der Waals surface area contributed by atoms with Gasteiger partial charge in [0.1, 0.15) is 11.6 Å². The van der Waals surface area contributed by atoms with Gasteiger partial charge in [0, 0.05) is 12.0 Å². The number of carbonyl (C=O) groups excluding carboxylic acids is 1. The first-order valence-electron chi connectivity index (χ1n) is 6.46. The molecule has 1 heterocycles. The number of para-hydroxylation sites is 2. The third-order valence-electron chi connectivity index (χ3n) is 3.13. The van der Waals surface area contributed by atoms with E-state index in [9.17, 15) is 4.79 Å². The Kier molecular flexibility index (Phi) is 3.25. The standard InChI is InChI=1S/C15H15N3O2/c16-15(10-4-3-5-11(19)8-10)18-14-9-17-12-6-1-2-7-13(12)20-14/h1-4,6-8,14,17H,5,9H2,(H2,16,18). The molecule has 20 heavy (non-hydrogen) atoms. The highest BCUT2D eigenvalue weighted by Crippen LogP contribution is 2.28. The lowest BCUT2D eigenvalue weighted by atomic mass is 10.1. The van der Waals surface area contributed by atoms with Gasteiger partial charge in [0.25, 0.3) is 0 Å². The molecule has 5 nitrogen and oxygen atoms in total. The van der Waals surface area contributed by atoms with Crippen LogP contribution in [0.25, 0.3) is 0 Å². The van der Waals surface area contributed by atoms with Crippen LogP contribution in [0.3, 0.4) is 0 Å². The second kappa shape index (κ2) is 5.21. The van der Waals surface area contributed by atoms with Gasteiger partial charge >= 0.3 is 0 Å². The minimum absolute atomic E-state index is 0.0358. The van der Waals surface area contributed by atoms with E-state index in [4.69, 9.17) is 10.5 Å². The van der Waals surface area contributed by atoms with E-state index in [1.807, 2.05) is 30.3 Å². The van der Waals surface area contributed by atoms with Crippen molar-refractivity contribution in [1.82, 2.24) is 0 Å². The van der Waals surface area contributed by atoms with E-state index in [2.05, 4.69) is 10.3 Å². The Labute approximate surface area is 116 Å². The molecule has 0 saturated heterocycles. The molecule has 1 aromatic carbocycles. The monoisotopic (exact) mass is 269 g/mol. The van der Waals surface area contributed by atoms with Gasteiger partial charge in [0.15, 0.2) is 5.78 Å². The number of amidine groups is 1. The molecule has 1 aliphatic heterocycles. The highest BCUT2D eigenvalue weighted by Gasteiger charge is 2.18. The van der Waals surface area contributed by atoms with Crippen molar-refractivity contribution in [2.45, 2.75) is 12.6 Å². The molecule has 0 bridgehead atoms. The lowest BCUT2D eigenvalue weighted by Crippen LogP contribution is -2.32. The van der Waals surface area contributed by atoms with Crippen molar-refractivity contribution in [2.75, 3.05) is 11.9 Å². The van der Waals surface area contributed by atoms with Crippen LogP contribution in [0.1, 0.15) is 6.42 Å². The molecule has 3 N–H and O–H groups in total. The number of benzene rings is 1. The van der Waals surface area contributed by atoms with E-state index in [0.29, 0.717) is 24.4 Å². The van der Waals surface area contributed by atoms with Crippen LogP contribution < -0.4 is 15.8 Å². The summed E-state index contributed by atoms with van der Waals surface area (Å²) in [6.07, 6.45) is 5.14. The fourth-order valence-corrected chi connectivity index (χ4v) is 2.14. The number of allylic oxidation sites excluding steroid dienone is 2. The number of nitrogens with zero attached hydrogens (tertiary/aromatic N) is 1. The summed E-state index contributed by atoms with van der Waals surface area (Å²) < 4.78 is 5.75. The molecular weight excluding hydrogens is 254 g/mol. The van der Waals surface area contributed by atoms with Crippen molar-refractivity contribution in [3.05, 3.63) is 48.1 Å². The van der Waals surface area contributed by atoms with Gasteiger partial charge in [-0.2, -0.15) is 0 Å². The van der Waals surface area contributed by atoms with E-state index in [0.717, 1.165) is 11.4 Å². The van der Waals surface area contributed by atoms with Crippen LogP contribution in [-0.2, 0) is 4.79 Å². The highest BCUT2D eigenvalue weighted by atomic mass is 16.5. The number of ketones is 1. The van der Waals surface area contributed by atoms with Crippen molar-refractivity contribution in [3.63, 3.8) is 0 Å². The Bertz CT molecular complexity index is 632. The summed E-state index contributed by atoms with van der Waals surface area (Å²) in [5, 5.41) is 3.24. The zero-order chi connectivity index (χ0) is 13.9. The number of anilines is 1. The van der Waals surface area contributed by atoms with Crippen molar-refractivity contribution in [1.29, 1.82) is 0 Å². The number of ether oxygens (including phenoxy) is 1. The number of nitrogens with one attached hydrogen (secondary N) is 1. The average molecular weight is 269 g/mol. The molecular formula is C15H15N3O2. The third kappa shape index (κ3) is 2.56. The van der Waals surface area contributed by atoms with Gasteiger partial charge in [-0.25, -0.2) is 4.99 Å². The molecule has 5 heteroatoms. The first kappa shape index (κ1) is 12.5. The van der Waals surface area contributed by atoms with Crippen molar-refractivity contribution < 1.29 is 9.53 Å². The largest absolute Gasteiger partial charge is 0.465 e. The van der Waals surface area contributed by atoms with Gasteiger partial charge in [-0.15, -0.1) is 0 Å². The molecule has 1 aromatic rings. The van der Waals surface area contributed by atoms with Gasteiger partial charge in [0.2, 0.25) is 6.23 Å². The molecule has 3 rings (SSSR count). The molecule has 0 saturated carbocycles. The number of hydrogen-bond acceptors (Lipinski definition) is 4. The molecule has 1 atom stereocenters. The Hall–Kier alpha value is -2.56. The second-order valence-electron chi connectivity index (χ2n) is 4.64. The summed E-state index contributed by atoms with van der Waals surface area (Å²) in [5.74, 6) is 1.11. The van der Waals surface area contributed by atoms with Crippen molar-refractivity contribution >= 4 is 17.3 Å². The maximum absolute atomic E-state index is 11.4. The van der Waals surface area contributed by atoms with Crippen LogP contribution in [0.4, 0.5) is 5.69 Å². The zero-order valence-corrected chi connectivity index (χ0v) is 10.9. The first-order valence-corrected chi connectivity index (χ1v) is 6.46. The zero-order valence-electron chi connectivity index (χ0n) is 10.9. The van der Waals surface area contributed by atoms with Gasteiger partial charge in [-0.1, -0.05) is 24.3 Å². The first-order chi connectivity index (χ1) is 9.72. The quantitative estimate of drug-likeness (QED) is 0.632. The van der Waals surface area contributed by atoms with E-state index in [-0.39, 0.29) is 5.78 Å². The number of nitrogens with two attached hydrogens (primary N) is 1. The summed E-state index contributed by atoms with van der Waals surface area (Å²) in [7, 11) is 0. The molecule has 0 amide bonds. The Balaban J connectivity index is 1.77. The fraction of sp³-hybridized carbons (Fsp3) is 0.200. The van der Waals surface area contributed by atoms with Crippen LogP contribution in [-0.4, -0.2) is 24.4 Å². The molecule has 2 aliphatic rings. The second-order valence-corrected chi connectivity index (χ2v) is 4.64. The summed E-state index contributed by atoms with van der Waals surface area (Å²) >= 11 is 0. The molecule has 0 fully saturated rings. The molecule has 0 aromatic heterocycles. The Morgan fingerprint density at radius 2 is 2.25 bits per heavy atom. The summed E-state index contributed by atoms with van der Waals surface area (Å²) in [4.78, 5) is 15.7. The molecule has 1 unspecified atom stereocenters. The Morgan fingerprint density at radius 3 is 3.10 bits per heavy atom. The van der Waals surface area contributed by atoms with E-state index in [1.54, 1.807) is 6.08 Å². The molecule has 102 valence electrons. The average Bonchev–Trinajstić information content (AvgIpc) is 2.47. The lowest BCUT2D eigenvalue weighted by Gasteiger charge is -2.25. The molecule has 0 radical (unpaired) electrons. The van der Waals surface area contributed by atoms with Crippen LogP contribution in [0.2, 0.25) is 0 Å². The third-order valence-corrected chi connectivity index (χ3v) is 3.13. The van der Waals surface area contributed by atoms with Gasteiger partial charge < -0.3 is 15.8 Å². The van der Waals surface area contributed by atoms with Gasteiger partial charge in [-0.05, 0) is 18.2 Å². The maximum Gasteiger partial charge on any atom is 0.209 e. The normalized spacial score (nSPS) is 21.6. The number of aliphatic imine (C=N–C) groups is 1. The predicted molar refractivity (Wildman–Crippen MR) is 77.8 cm³/mol. The predicted octanol–water partition coefficient (Wildman–Crippen LogP) is 1.63. The summed E-state index contributed by atoms with van der Waals surface area (Å²) in [6.45, 7) is 0.544. The number of hydrogen-bond donors (Lipinski definition) is 2. The smallest absolute Gasteiger partial charge is 0.209 e. The number of fused-ring (bicyclic) bond motifs is 1. The summed E-state index contributed by atoms with van der Waals surface area (Å²) in [6, 6.07) is 7.67. The van der Waals surface area contributed by atoms with Gasteiger partial charge in [-0.3, -0.25) is 4.79 Å². The van der Waals surface area contributed by atoms with Crippen molar-refractivity contribution in [3.8, 4) is 5.75 Å². The molecule has 1 aliphatic carbocycles. The van der Waals surface area contributed by atoms with Crippen LogP contribution in [0, 0.1) is 0 Å². The van der Waals surface area contributed by atoms with E-state index in [1.165, 1.54) is 6.08 Å². The summed E-state index contributed by atoms with van der Waals surface area (Å²) in [5.41, 5.74) is 7.52. The Morgan fingerprint density at radius 1 is 1.40 bits per heavy atom. The van der Waals surface area contributed by atoms with Crippen LogP contribution >= 0.6 is 0 Å². The SMILES string of the molecule is NC(=NC1CNc2ccccc2O1)C1=CC(=O)CC=C1. The van der Waals surface area contributed by atoms with Crippen LogP contribution in [0.15, 0.2) is 53.1 Å². The highest BCUT2D eigenvalue weighted by molar-refractivity contribution is 6.07. The van der Waals surface area contributed by atoms with Crippen LogP contribution in [0.5, 0.6) is 5.75 Å². The van der Waals surface area contributed by atoms with E-state index < -0.39 is 6.23 Å². The topological polar surface area (TPSA) is 76.7 Å². The molecule has 0 spiro atoms. The minimum Gasteiger partial charge on any atom is -0.465 e. The van der Waals surface area contributed by atoms with Crippen molar-refractivity contribution in [2.24, 2.45) is 10.7 Å². The lowest BCUT2D eigenvalue weighted by molar-refractivity contribution is -0.113. The minimum atomic E-state index is -0.392. The maximum atomic E-state index is 11.4. The number of rotatable bonds is 2. The van der Waals surface area contributed by atoms with Gasteiger partial charge in [0.05, 0.1) is 12.2 Å². The fourth-order valence-electron chi connectivity index (χ4n) is 2.14. The number of carbonyl (C=O) groups is 1.